The number of nitro benzene ring substituents is 1. The highest BCUT2D eigenvalue weighted by atomic mass is 16.6. The van der Waals surface area contributed by atoms with Crippen LogP contribution < -0.4 is 5.32 Å². The Bertz CT molecular complexity index is 1170. The molecule has 2 aromatic heterocycles. The maximum absolute atomic E-state index is 11.3. The van der Waals surface area contributed by atoms with E-state index in [1.807, 2.05) is 50.2 Å². The molecule has 0 radical (unpaired) electrons. The highest BCUT2D eigenvalue weighted by Crippen LogP contribution is 2.35. The average molecular weight is 372 g/mol. The van der Waals surface area contributed by atoms with E-state index in [4.69, 9.17) is 0 Å². The normalized spacial score (nSPS) is 12.1. The fourth-order valence-corrected chi connectivity index (χ4v) is 3.57. The first-order chi connectivity index (χ1) is 13.5. The Hall–Kier alpha value is -3.67. The lowest BCUT2D eigenvalue weighted by Gasteiger charge is -2.21. The third kappa shape index (κ3) is 3.32. The number of non-ortho nitro benzene ring substituents is 1. The number of nitrogens with one attached hydrogen (secondary N) is 2. The van der Waals surface area contributed by atoms with Crippen molar-refractivity contribution in [2.75, 3.05) is 5.32 Å². The molecule has 0 fully saturated rings. The van der Waals surface area contributed by atoms with E-state index < -0.39 is 0 Å². The standard InChI is InChI=1S/C22H20N4O2/c1-14-10-11-23-20(12-14)25-22(16-6-5-7-17(13-16)26(27)28)21-15(2)24-19-9-4-3-8-18(19)21/h3-13,22,24H,1-2H3,(H,23,25)/t22-/m0/s1. The second-order valence-electron chi connectivity index (χ2n) is 6.86. The number of nitrogens with zero attached hydrogens (tertiary/aromatic N) is 2. The van der Waals surface area contributed by atoms with Crippen LogP contribution in [0.15, 0.2) is 66.9 Å². The summed E-state index contributed by atoms with van der Waals surface area (Å²) in [7, 11) is 0. The summed E-state index contributed by atoms with van der Waals surface area (Å²) in [6.07, 6.45) is 1.75. The Labute approximate surface area is 162 Å². The Balaban J connectivity index is 1.89. The largest absolute Gasteiger partial charge is 0.359 e. The predicted octanol–water partition coefficient (Wildman–Crippen LogP) is 5.29. The molecule has 0 aliphatic heterocycles. The van der Waals surface area contributed by atoms with Crippen molar-refractivity contribution in [3.05, 3.63) is 99.4 Å². The Morgan fingerprint density at radius 1 is 1.07 bits per heavy atom. The van der Waals surface area contributed by atoms with E-state index in [0.29, 0.717) is 0 Å². The van der Waals surface area contributed by atoms with Crippen molar-refractivity contribution in [1.29, 1.82) is 0 Å². The number of nitro groups is 1. The molecule has 4 aromatic rings. The molecule has 0 spiro atoms. The summed E-state index contributed by atoms with van der Waals surface area (Å²) in [6.45, 7) is 4.03. The molecule has 0 unspecified atom stereocenters. The third-order valence-electron chi connectivity index (χ3n) is 4.85. The van der Waals surface area contributed by atoms with Crippen LogP contribution in [0.4, 0.5) is 11.5 Å². The summed E-state index contributed by atoms with van der Waals surface area (Å²) in [4.78, 5) is 18.8. The molecule has 0 aliphatic carbocycles. The number of anilines is 1. The summed E-state index contributed by atoms with van der Waals surface area (Å²) in [5.41, 5.74) is 5.07. The number of benzene rings is 2. The summed E-state index contributed by atoms with van der Waals surface area (Å²) in [6, 6.07) is 18.4. The molecule has 28 heavy (non-hydrogen) atoms. The van der Waals surface area contributed by atoms with E-state index in [0.717, 1.165) is 39.1 Å². The molecule has 0 saturated heterocycles. The van der Waals surface area contributed by atoms with Gasteiger partial charge in [0, 0.05) is 40.5 Å². The fraction of sp³-hybridized carbons (Fsp3) is 0.136. The molecule has 4 rings (SSSR count). The summed E-state index contributed by atoms with van der Waals surface area (Å²) in [5.74, 6) is 0.723. The number of fused-ring (bicyclic) bond motifs is 1. The highest BCUT2D eigenvalue weighted by molar-refractivity contribution is 5.86. The minimum Gasteiger partial charge on any atom is -0.359 e. The Morgan fingerprint density at radius 3 is 2.68 bits per heavy atom. The second kappa shape index (κ2) is 7.15. The maximum Gasteiger partial charge on any atom is 0.269 e. The lowest BCUT2D eigenvalue weighted by molar-refractivity contribution is -0.384. The van der Waals surface area contributed by atoms with E-state index in [9.17, 15) is 10.1 Å². The second-order valence-corrected chi connectivity index (χ2v) is 6.86. The monoisotopic (exact) mass is 372 g/mol. The van der Waals surface area contributed by atoms with Crippen LogP contribution in [0.2, 0.25) is 0 Å². The topological polar surface area (TPSA) is 83.8 Å². The van der Waals surface area contributed by atoms with E-state index in [1.165, 1.54) is 6.07 Å². The van der Waals surface area contributed by atoms with E-state index in [1.54, 1.807) is 18.3 Å². The number of hydrogen-bond donors (Lipinski definition) is 2. The van der Waals surface area contributed by atoms with Crippen molar-refractivity contribution in [3.63, 3.8) is 0 Å². The van der Waals surface area contributed by atoms with Crippen LogP contribution >= 0.6 is 0 Å². The van der Waals surface area contributed by atoms with Crippen molar-refractivity contribution in [2.45, 2.75) is 19.9 Å². The number of aromatic nitrogens is 2. The van der Waals surface area contributed by atoms with Gasteiger partial charge in [0.2, 0.25) is 0 Å². The molecule has 1 atom stereocenters. The van der Waals surface area contributed by atoms with Gasteiger partial charge in [0.25, 0.3) is 5.69 Å². The number of aromatic amines is 1. The molecule has 2 heterocycles. The number of pyridine rings is 1. The summed E-state index contributed by atoms with van der Waals surface area (Å²) in [5, 5.41) is 15.9. The predicted molar refractivity (Wildman–Crippen MR) is 111 cm³/mol. The zero-order chi connectivity index (χ0) is 19.7. The minimum absolute atomic E-state index is 0.0685. The zero-order valence-electron chi connectivity index (χ0n) is 15.6. The van der Waals surface area contributed by atoms with Crippen LogP contribution in [0.3, 0.4) is 0 Å². The Morgan fingerprint density at radius 2 is 1.89 bits per heavy atom. The van der Waals surface area contributed by atoms with Gasteiger partial charge in [-0.2, -0.15) is 0 Å². The van der Waals surface area contributed by atoms with Crippen LogP contribution in [0.25, 0.3) is 10.9 Å². The number of H-pyrrole nitrogens is 1. The molecular formula is C22H20N4O2. The van der Waals surface area contributed by atoms with Gasteiger partial charge >= 0.3 is 0 Å². The van der Waals surface area contributed by atoms with Gasteiger partial charge in [-0.25, -0.2) is 4.98 Å². The van der Waals surface area contributed by atoms with E-state index >= 15 is 0 Å². The molecule has 140 valence electrons. The lowest BCUT2D eigenvalue weighted by atomic mass is 9.95. The number of para-hydroxylation sites is 1. The van der Waals surface area contributed by atoms with Gasteiger partial charge in [0.15, 0.2) is 0 Å². The molecule has 2 aromatic carbocycles. The lowest BCUT2D eigenvalue weighted by Crippen LogP contribution is -2.14. The van der Waals surface area contributed by atoms with Crippen molar-refractivity contribution >= 4 is 22.4 Å². The van der Waals surface area contributed by atoms with Crippen LogP contribution in [0, 0.1) is 24.0 Å². The molecule has 6 heteroatoms. The summed E-state index contributed by atoms with van der Waals surface area (Å²) < 4.78 is 0. The molecule has 0 bridgehead atoms. The van der Waals surface area contributed by atoms with Crippen molar-refractivity contribution in [2.24, 2.45) is 0 Å². The van der Waals surface area contributed by atoms with Gasteiger partial charge in [-0.3, -0.25) is 10.1 Å². The quantitative estimate of drug-likeness (QED) is 0.368. The number of aryl methyl sites for hydroxylation is 2. The first kappa shape index (κ1) is 17.7. The van der Waals surface area contributed by atoms with Crippen molar-refractivity contribution < 1.29 is 4.92 Å². The van der Waals surface area contributed by atoms with Crippen molar-refractivity contribution in [3.8, 4) is 0 Å². The minimum atomic E-state index is -0.368. The van der Waals surface area contributed by atoms with E-state index in [-0.39, 0.29) is 16.7 Å². The van der Waals surface area contributed by atoms with Crippen LogP contribution in [0.5, 0.6) is 0 Å². The van der Waals surface area contributed by atoms with Crippen LogP contribution in [-0.2, 0) is 0 Å². The Kier molecular flexibility index (Phi) is 4.53. The zero-order valence-corrected chi connectivity index (χ0v) is 15.6. The first-order valence-electron chi connectivity index (χ1n) is 9.03. The molecular weight excluding hydrogens is 352 g/mol. The fourth-order valence-electron chi connectivity index (χ4n) is 3.57. The van der Waals surface area contributed by atoms with Gasteiger partial charge in [0.05, 0.1) is 11.0 Å². The van der Waals surface area contributed by atoms with E-state index in [2.05, 4.69) is 21.4 Å². The molecule has 0 amide bonds. The maximum atomic E-state index is 11.3. The van der Waals surface area contributed by atoms with Crippen LogP contribution in [0.1, 0.15) is 28.4 Å². The molecule has 2 N–H and O–H groups in total. The number of rotatable bonds is 5. The van der Waals surface area contributed by atoms with Gasteiger partial charge in [-0.1, -0.05) is 30.3 Å². The van der Waals surface area contributed by atoms with Crippen molar-refractivity contribution in [1.82, 2.24) is 9.97 Å². The molecule has 0 saturated carbocycles. The first-order valence-corrected chi connectivity index (χ1v) is 9.03. The molecule has 0 aliphatic rings. The van der Waals surface area contributed by atoms with Gasteiger partial charge < -0.3 is 10.3 Å². The SMILES string of the molecule is Cc1ccnc(N[C@@H](c2cccc([N+](=O)[O-])c2)c2c(C)[nH]c3ccccc23)c1. The third-order valence-corrected chi connectivity index (χ3v) is 4.85. The van der Waals surface area contributed by atoms with Crippen LogP contribution in [-0.4, -0.2) is 14.9 Å². The summed E-state index contributed by atoms with van der Waals surface area (Å²) >= 11 is 0. The average Bonchev–Trinajstić information content (AvgIpc) is 3.02. The number of hydrogen-bond acceptors (Lipinski definition) is 4. The smallest absolute Gasteiger partial charge is 0.269 e. The highest BCUT2D eigenvalue weighted by Gasteiger charge is 2.23. The molecule has 6 nitrogen and oxygen atoms in total. The van der Waals surface area contributed by atoms with Gasteiger partial charge in [-0.15, -0.1) is 0 Å². The van der Waals surface area contributed by atoms with Gasteiger partial charge in [-0.05, 0) is 43.2 Å². The van der Waals surface area contributed by atoms with Gasteiger partial charge in [0.1, 0.15) is 5.82 Å².